The van der Waals surface area contributed by atoms with Gasteiger partial charge in [-0.25, -0.2) is 13.4 Å². The second-order valence-electron chi connectivity index (χ2n) is 9.72. The van der Waals surface area contributed by atoms with Gasteiger partial charge in [-0.05, 0) is 55.3 Å². The Morgan fingerprint density at radius 3 is 2.69 bits per heavy atom. The van der Waals surface area contributed by atoms with Gasteiger partial charge in [0.25, 0.3) is 0 Å². The molecule has 5 rings (SSSR count). The van der Waals surface area contributed by atoms with E-state index in [0.29, 0.717) is 40.8 Å². The summed E-state index contributed by atoms with van der Waals surface area (Å²) in [5.41, 5.74) is 1.87. The first-order valence-corrected chi connectivity index (χ1v) is 14.0. The summed E-state index contributed by atoms with van der Waals surface area (Å²) in [7, 11) is -1.99. The highest BCUT2D eigenvalue weighted by molar-refractivity contribution is 7.92. The number of piperidine rings is 1. The van der Waals surface area contributed by atoms with Crippen LogP contribution in [0.3, 0.4) is 0 Å². The third kappa shape index (κ3) is 5.33. The fraction of sp³-hybridized carbons (Fsp3) is 0.480. The first-order chi connectivity index (χ1) is 16.8. The molecule has 4 atom stereocenters. The Labute approximate surface area is 206 Å². The minimum atomic E-state index is -3.48. The summed E-state index contributed by atoms with van der Waals surface area (Å²) in [6.07, 6.45) is 4.46. The Morgan fingerprint density at radius 2 is 1.97 bits per heavy atom. The van der Waals surface area contributed by atoms with Crippen molar-refractivity contribution >= 4 is 21.7 Å². The van der Waals surface area contributed by atoms with Crippen LogP contribution in [0.15, 0.2) is 46.9 Å². The third-order valence-corrected chi connectivity index (χ3v) is 8.28. The molecule has 2 aliphatic rings. The summed E-state index contributed by atoms with van der Waals surface area (Å²) in [6, 6.07) is 13.8. The number of nitrogens with one attached hydrogen (secondary N) is 2. The van der Waals surface area contributed by atoms with Crippen LogP contribution in [-0.4, -0.2) is 50.0 Å². The van der Waals surface area contributed by atoms with E-state index < -0.39 is 10.0 Å². The largest absolute Gasteiger partial charge is 0.419 e. The van der Waals surface area contributed by atoms with Gasteiger partial charge in [0.2, 0.25) is 21.8 Å². The Bertz CT molecular complexity index is 1280. The molecule has 3 aromatic rings. The maximum absolute atomic E-state index is 12.2. The van der Waals surface area contributed by atoms with Gasteiger partial charge in [-0.15, -0.1) is 10.2 Å². The average molecular weight is 497 g/mol. The van der Waals surface area contributed by atoms with Crippen LogP contribution >= 0.6 is 0 Å². The van der Waals surface area contributed by atoms with Crippen LogP contribution in [0.1, 0.15) is 49.6 Å². The molecule has 2 N–H and O–H groups in total. The zero-order valence-corrected chi connectivity index (χ0v) is 21.1. The number of aromatic nitrogens is 3. The lowest BCUT2D eigenvalue weighted by molar-refractivity contribution is 0.303. The number of benzene rings is 1. The number of rotatable bonds is 8. The summed E-state index contributed by atoms with van der Waals surface area (Å²) < 4.78 is 31.7. The van der Waals surface area contributed by atoms with Gasteiger partial charge in [0.15, 0.2) is 0 Å². The molecule has 1 saturated heterocycles. The van der Waals surface area contributed by atoms with Crippen LogP contribution in [-0.2, 0) is 10.0 Å². The SMILES string of the molecule is C[C@@H]1C[C@H]1CNc1cc(-c2nnc([C@H]3NCCC[C@H]3c3ccccc3)o2)cc(N(C)S(C)(=O)=O)n1. The fourth-order valence-electron chi connectivity index (χ4n) is 4.66. The molecule has 1 aliphatic heterocycles. The summed E-state index contributed by atoms with van der Waals surface area (Å²) in [5, 5.41) is 15.6. The molecule has 10 heteroatoms. The van der Waals surface area contributed by atoms with Crippen molar-refractivity contribution in [1.29, 1.82) is 0 Å². The predicted molar refractivity (Wildman–Crippen MR) is 136 cm³/mol. The predicted octanol–water partition coefficient (Wildman–Crippen LogP) is 3.80. The maximum Gasteiger partial charge on any atom is 0.248 e. The van der Waals surface area contributed by atoms with Gasteiger partial charge in [0, 0.05) is 25.1 Å². The van der Waals surface area contributed by atoms with E-state index in [0.717, 1.165) is 36.5 Å². The smallest absolute Gasteiger partial charge is 0.248 e. The molecule has 35 heavy (non-hydrogen) atoms. The minimum absolute atomic E-state index is 0.0821. The van der Waals surface area contributed by atoms with Crippen molar-refractivity contribution in [2.75, 3.05) is 36.0 Å². The van der Waals surface area contributed by atoms with Crippen molar-refractivity contribution in [1.82, 2.24) is 20.5 Å². The molecule has 0 bridgehead atoms. The van der Waals surface area contributed by atoms with Crippen LogP contribution in [0.5, 0.6) is 0 Å². The van der Waals surface area contributed by atoms with E-state index in [9.17, 15) is 8.42 Å². The van der Waals surface area contributed by atoms with Gasteiger partial charge >= 0.3 is 0 Å². The monoisotopic (exact) mass is 496 g/mol. The van der Waals surface area contributed by atoms with Gasteiger partial charge in [0.1, 0.15) is 11.6 Å². The second kappa shape index (κ2) is 9.58. The molecule has 0 unspecified atom stereocenters. The first kappa shape index (κ1) is 23.7. The number of sulfonamides is 1. The maximum atomic E-state index is 12.2. The minimum Gasteiger partial charge on any atom is -0.419 e. The zero-order chi connectivity index (χ0) is 24.6. The van der Waals surface area contributed by atoms with Crippen molar-refractivity contribution in [3.8, 4) is 11.5 Å². The van der Waals surface area contributed by atoms with Crippen molar-refractivity contribution in [2.45, 2.75) is 38.1 Å². The van der Waals surface area contributed by atoms with Crippen LogP contribution < -0.4 is 14.9 Å². The number of pyridine rings is 1. The van der Waals surface area contributed by atoms with Crippen molar-refractivity contribution < 1.29 is 12.8 Å². The van der Waals surface area contributed by atoms with Crippen LogP contribution in [0, 0.1) is 11.8 Å². The lowest BCUT2D eigenvalue weighted by Crippen LogP contribution is -2.33. The molecule has 9 nitrogen and oxygen atoms in total. The van der Waals surface area contributed by atoms with Gasteiger partial charge in [0.05, 0.1) is 12.3 Å². The molecule has 1 aromatic carbocycles. The van der Waals surface area contributed by atoms with Gasteiger partial charge in [-0.2, -0.15) is 0 Å². The fourth-order valence-corrected chi connectivity index (χ4v) is 5.10. The van der Waals surface area contributed by atoms with E-state index in [4.69, 9.17) is 4.42 Å². The molecular weight excluding hydrogens is 464 g/mol. The Hall–Kier alpha value is -2.98. The van der Waals surface area contributed by atoms with Gasteiger partial charge < -0.3 is 15.1 Å². The molecule has 3 heterocycles. The van der Waals surface area contributed by atoms with Crippen LogP contribution in [0.2, 0.25) is 0 Å². The normalized spacial score (nSPS) is 24.2. The highest BCUT2D eigenvalue weighted by atomic mass is 32.2. The number of hydrogen-bond acceptors (Lipinski definition) is 8. The molecule has 1 aliphatic carbocycles. The van der Waals surface area contributed by atoms with E-state index in [-0.39, 0.29) is 12.0 Å². The topological polar surface area (TPSA) is 113 Å². The lowest BCUT2D eigenvalue weighted by Gasteiger charge is -2.30. The van der Waals surface area contributed by atoms with Gasteiger partial charge in [-0.3, -0.25) is 4.31 Å². The van der Waals surface area contributed by atoms with E-state index in [1.807, 2.05) is 24.3 Å². The molecular formula is C25H32N6O3S. The second-order valence-corrected chi connectivity index (χ2v) is 11.7. The Morgan fingerprint density at radius 1 is 1.20 bits per heavy atom. The molecule has 1 saturated carbocycles. The third-order valence-electron chi connectivity index (χ3n) is 7.09. The molecule has 0 amide bonds. The van der Waals surface area contributed by atoms with E-state index in [1.165, 1.54) is 19.0 Å². The summed E-state index contributed by atoms with van der Waals surface area (Å²) >= 11 is 0. The quantitative estimate of drug-likeness (QED) is 0.484. The van der Waals surface area contributed by atoms with E-state index in [1.54, 1.807) is 6.07 Å². The number of hydrogen-bond donors (Lipinski definition) is 2. The highest BCUT2D eigenvalue weighted by Crippen LogP contribution is 2.39. The zero-order valence-electron chi connectivity index (χ0n) is 20.3. The Balaban J connectivity index is 1.45. The lowest BCUT2D eigenvalue weighted by atomic mass is 9.85. The average Bonchev–Trinajstić information content (AvgIpc) is 3.35. The van der Waals surface area contributed by atoms with Crippen molar-refractivity contribution in [2.24, 2.45) is 11.8 Å². The molecule has 186 valence electrons. The first-order valence-electron chi connectivity index (χ1n) is 12.1. The summed E-state index contributed by atoms with van der Waals surface area (Å²) in [4.78, 5) is 4.53. The van der Waals surface area contributed by atoms with Crippen LogP contribution in [0.4, 0.5) is 11.6 Å². The number of anilines is 2. The molecule has 0 spiro atoms. The van der Waals surface area contributed by atoms with E-state index >= 15 is 0 Å². The van der Waals surface area contributed by atoms with Crippen molar-refractivity contribution in [3.63, 3.8) is 0 Å². The molecule has 2 aromatic heterocycles. The molecule has 2 fully saturated rings. The highest BCUT2D eigenvalue weighted by Gasteiger charge is 2.33. The van der Waals surface area contributed by atoms with Crippen LogP contribution in [0.25, 0.3) is 11.5 Å². The standard InChI is InChI=1S/C25H32N6O3S/c1-16-12-19(16)15-27-21-13-18(14-22(28-21)31(2)35(3,32)33)24-29-30-25(34-24)23-20(10-7-11-26-23)17-8-5-4-6-9-17/h4-6,8-9,13-14,16,19-20,23,26H,7,10-12,15H2,1-3H3,(H,27,28)/t16-,19+,20+,23+/m1/s1. The number of nitrogens with zero attached hydrogens (tertiary/aromatic N) is 4. The van der Waals surface area contributed by atoms with Crippen molar-refractivity contribution in [3.05, 3.63) is 53.9 Å². The summed E-state index contributed by atoms with van der Waals surface area (Å²) in [5.74, 6) is 3.30. The Kier molecular flexibility index (Phi) is 6.50. The van der Waals surface area contributed by atoms with E-state index in [2.05, 4.69) is 44.9 Å². The van der Waals surface area contributed by atoms with Gasteiger partial charge in [-0.1, -0.05) is 37.3 Å². The summed E-state index contributed by atoms with van der Waals surface area (Å²) in [6.45, 7) is 3.90. The molecule has 0 radical (unpaired) electrons.